The first kappa shape index (κ1) is 33.5. The van der Waals surface area contributed by atoms with Crippen LogP contribution in [0.4, 0.5) is 4.79 Å². The highest BCUT2D eigenvalue weighted by molar-refractivity contribution is 5.82. The van der Waals surface area contributed by atoms with Crippen molar-refractivity contribution in [2.75, 3.05) is 40.0 Å². The van der Waals surface area contributed by atoms with Gasteiger partial charge < -0.3 is 28.6 Å². The van der Waals surface area contributed by atoms with Gasteiger partial charge in [0.15, 0.2) is 0 Å². The number of rotatable bonds is 13. The van der Waals surface area contributed by atoms with Gasteiger partial charge in [-0.15, -0.1) is 0 Å². The molecule has 7 heteroatoms. The van der Waals surface area contributed by atoms with Crippen LogP contribution in [0.2, 0.25) is 0 Å². The lowest BCUT2D eigenvalue weighted by atomic mass is 9.78. The maximum Gasteiger partial charge on any atom is 0.410 e. The van der Waals surface area contributed by atoms with E-state index in [0.717, 1.165) is 23.3 Å². The van der Waals surface area contributed by atoms with E-state index < -0.39 is 5.60 Å². The number of carbonyl (C=O) groups is 1. The van der Waals surface area contributed by atoms with Gasteiger partial charge in [0.25, 0.3) is 0 Å². The first-order valence-corrected chi connectivity index (χ1v) is 16.2. The Balaban J connectivity index is 1.26. The van der Waals surface area contributed by atoms with E-state index >= 15 is 0 Å². The van der Waals surface area contributed by atoms with E-state index in [9.17, 15) is 4.79 Å². The summed E-state index contributed by atoms with van der Waals surface area (Å²) in [4.78, 5) is 15.0. The van der Waals surface area contributed by atoms with Crippen molar-refractivity contribution in [3.05, 3.63) is 114 Å². The fourth-order valence-corrected chi connectivity index (χ4v) is 6.03. The summed E-state index contributed by atoms with van der Waals surface area (Å²) in [7, 11) is 1.70. The van der Waals surface area contributed by atoms with E-state index in [-0.39, 0.29) is 24.0 Å². The standard InChI is InChI=1S/C39H47NO6/c1-39(2,3)46-38(41)40-24-34(28-42-4)37(36(25-40)45-27-30-15-16-31-13-8-9-14-33(31)23-30)32-17-19-35(20-18-32)44-22-10-21-43-26-29-11-6-5-7-12-29/h5-9,11-20,23,34,36-37H,10,21-22,24-28H2,1-4H3. The Morgan fingerprint density at radius 3 is 2.28 bits per heavy atom. The second-order valence-corrected chi connectivity index (χ2v) is 13.0. The van der Waals surface area contributed by atoms with Crippen LogP contribution >= 0.6 is 0 Å². The normalized spacial score (nSPS) is 18.4. The number of carbonyl (C=O) groups excluding carboxylic acids is 1. The Kier molecular flexibility index (Phi) is 11.7. The molecule has 0 bridgehead atoms. The molecule has 0 radical (unpaired) electrons. The van der Waals surface area contributed by atoms with E-state index in [1.807, 2.05) is 63.2 Å². The number of ether oxygens (including phenoxy) is 5. The fraction of sp³-hybridized carbons (Fsp3) is 0.410. The Hall–Kier alpha value is -3.91. The molecule has 1 fully saturated rings. The van der Waals surface area contributed by atoms with Gasteiger partial charge in [-0.2, -0.15) is 0 Å². The molecule has 3 atom stereocenters. The van der Waals surface area contributed by atoms with Gasteiger partial charge in [-0.25, -0.2) is 4.79 Å². The summed E-state index contributed by atoms with van der Waals surface area (Å²) in [5, 5.41) is 2.37. The highest BCUT2D eigenvalue weighted by Crippen LogP contribution is 2.37. The minimum absolute atomic E-state index is 0.0135. The van der Waals surface area contributed by atoms with Crippen molar-refractivity contribution in [1.29, 1.82) is 0 Å². The maximum absolute atomic E-state index is 13.2. The summed E-state index contributed by atoms with van der Waals surface area (Å²) in [6.07, 6.45) is 0.211. The van der Waals surface area contributed by atoms with Crippen LogP contribution in [0, 0.1) is 5.92 Å². The molecule has 0 N–H and O–H groups in total. The van der Waals surface area contributed by atoms with E-state index in [1.165, 1.54) is 16.3 Å². The first-order valence-electron chi connectivity index (χ1n) is 16.2. The van der Waals surface area contributed by atoms with Gasteiger partial charge in [0.1, 0.15) is 11.4 Å². The zero-order chi connectivity index (χ0) is 32.4. The van der Waals surface area contributed by atoms with E-state index in [4.69, 9.17) is 23.7 Å². The predicted molar refractivity (Wildman–Crippen MR) is 181 cm³/mol. The molecule has 1 amide bonds. The third-order valence-electron chi connectivity index (χ3n) is 8.15. The van der Waals surface area contributed by atoms with Gasteiger partial charge in [-0.05, 0) is 66.4 Å². The summed E-state index contributed by atoms with van der Waals surface area (Å²) >= 11 is 0. The molecule has 46 heavy (non-hydrogen) atoms. The van der Waals surface area contributed by atoms with Crippen LogP contribution in [0.5, 0.6) is 5.75 Å². The molecule has 0 spiro atoms. The fourth-order valence-electron chi connectivity index (χ4n) is 6.03. The first-order chi connectivity index (χ1) is 22.3. The van der Waals surface area contributed by atoms with Crippen molar-refractivity contribution >= 4 is 16.9 Å². The molecular weight excluding hydrogens is 578 g/mol. The lowest BCUT2D eigenvalue weighted by Crippen LogP contribution is -2.53. The quantitative estimate of drug-likeness (QED) is 0.140. The minimum atomic E-state index is -0.587. The van der Waals surface area contributed by atoms with Crippen molar-refractivity contribution in [3.63, 3.8) is 0 Å². The Labute approximate surface area is 273 Å². The molecule has 7 nitrogen and oxygen atoms in total. The molecule has 1 aliphatic heterocycles. The molecule has 1 heterocycles. The highest BCUT2D eigenvalue weighted by Gasteiger charge is 2.41. The van der Waals surface area contributed by atoms with Gasteiger partial charge in [0.2, 0.25) is 0 Å². The number of benzene rings is 4. The third kappa shape index (κ3) is 9.55. The Morgan fingerprint density at radius 2 is 1.54 bits per heavy atom. The van der Waals surface area contributed by atoms with Gasteiger partial charge in [-0.1, -0.05) is 78.9 Å². The van der Waals surface area contributed by atoms with Crippen molar-refractivity contribution in [2.24, 2.45) is 5.92 Å². The molecule has 244 valence electrons. The van der Waals surface area contributed by atoms with E-state index in [2.05, 4.69) is 54.6 Å². The summed E-state index contributed by atoms with van der Waals surface area (Å²) in [6, 6.07) is 33.2. The topological polar surface area (TPSA) is 66.5 Å². The van der Waals surface area contributed by atoms with Crippen LogP contribution in [0.1, 0.15) is 49.8 Å². The number of likely N-dealkylation sites (tertiary alicyclic amines) is 1. The average Bonchev–Trinajstić information content (AvgIpc) is 3.05. The maximum atomic E-state index is 13.2. The van der Waals surface area contributed by atoms with Crippen LogP contribution < -0.4 is 4.74 Å². The minimum Gasteiger partial charge on any atom is -0.494 e. The molecule has 4 aromatic rings. The smallest absolute Gasteiger partial charge is 0.410 e. The number of fused-ring (bicyclic) bond motifs is 1. The molecule has 0 aromatic heterocycles. The highest BCUT2D eigenvalue weighted by atomic mass is 16.6. The van der Waals surface area contributed by atoms with Crippen LogP contribution in [0.3, 0.4) is 0 Å². The molecular formula is C39H47NO6. The van der Waals surface area contributed by atoms with Crippen molar-refractivity contribution in [2.45, 2.75) is 58.0 Å². The molecule has 3 unspecified atom stereocenters. The lowest BCUT2D eigenvalue weighted by Gasteiger charge is -2.44. The Bertz CT molecular complexity index is 1520. The number of amides is 1. The third-order valence-corrected chi connectivity index (χ3v) is 8.15. The number of nitrogens with zero attached hydrogens (tertiary/aromatic N) is 1. The van der Waals surface area contributed by atoms with Crippen LogP contribution in [0.15, 0.2) is 97.1 Å². The number of hydrogen-bond acceptors (Lipinski definition) is 6. The number of methoxy groups -OCH3 is 1. The van der Waals surface area contributed by atoms with Gasteiger partial charge >= 0.3 is 6.09 Å². The zero-order valence-corrected chi connectivity index (χ0v) is 27.5. The predicted octanol–water partition coefficient (Wildman–Crippen LogP) is 8.01. The summed E-state index contributed by atoms with van der Waals surface area (Å²) < 4.78 is 30.0. The van der Waals surface area contributed by atoms with Gasteiger partial charge in [-0.3, -0.25) is 0 Å². The van der Waals surface area contributed by atoms with Crippen molar-refractivity contribution in [1.82, 2.24) is 4.90 Å². The average molecular weight is 626 g/mol. The van der Waals surface area contributed by atoms with Crippen molar-refractivity contribution < 1.29 is 28.5 Å². The number of hydrogen-bond donors (Lipinski definition) is 0. The zero-order valence-electron chi connectivity index (χ0n) is 27.5. The number of piperidine rings is 1. The molecule has 0 saturated carbocycles. The van der Waals surface area contributed by atoms with Crippen LogP contribution in [0.25, 0.3) is 10.8 Å². The Morgan fingerprint density at radius 1 is 0.804 bits per heavy atom. The summed E-state index contributed by atoms with van der Waals surface area (Å²) in [5.74, 6) is 0.843. The van der Waals surface area contributed by atoms with Crippen LogP contribution in [-0.4, -0.2) is 62.7 Å². The second-order valence-electron chi connectivity index (χ2n) is 13.0. The van der Waals surface area contributed by atoms with Gasteiger partial charge in [0, 0.05) is 31.9 Å². The van der Waals surface area contributed by atoms with E-state index in [0.29, 0.717) is 46.1 Å². The molecule has 1 saturated heterocycles. The molecule has 0 aliphatic carbocycles. The largest absolute Gasteiger partial charge is 0.494 e. The molecule has 1 aliphatic rings. The summed E-state index contributed by atoms with van der Waals surface area (Å²) in [5.41, 5.74) is 2.80. The van der Waals surface area contributed by atoms with Crippen LogP contribution in [-0.2, 0) is 32.2 Å². The molecule has 5 rings (SSSR count). The molecule has 4 aromatic carbocycles. The monoisotopic (exact) mass is 625 g/mol. The van der Waals surface area contributed by atoms with E-state index in [1.54, 1.807) is 12.0 Å². The lowest BCUT2D eigenvalue weighted by molar-refractivity contribution is -0.0629. The second kappa shape index (κ2) is 16.1. The SMILES string of the molecule is COCC1CN(C(=O)OC(C)(C)C)CC(OCc2ccc3ccccc3c2)C1c1ccc(OCCCOCc2ccccc2)cc1. The van der Waals surface area contributed by atoms with Crippen molar-refractivity contribution in [3.8, 4) is 5.75 Å². The summed E-state index contributed by atoms with van der Waals surface area (Å²) in [6.45, 7) is 9.35. The van der Waals surface area contributed by atoms with Gasteiger partial charge in [0.05, 0.1) is 45.7 Å².